The summed E-state index contributed by atoms with van der Waals surface area (Å²) in [6.07, 6.45) is 0. The van der Waals surface area contributed by atoms with E-state index in [-0.39, 0.29) is 16.2 Å². The molecule has 1 aromatic carbocycles. The van der Waals surface area contributed by atoms with Crippen LogP contribution in [0.4, 0.5) is 0 Å². The highest BCUT2D eigenvalue weighted by atomic mass is 32.2. The molecule has 1 aromatic rings. The number of imide groups is 1. The van der Waals surface area contributed by atoms with Crippen molar-refractivity contribution in [3.8, 4) is 0 Å². The van der Waals surface area contributed by atoms with Crippen molar-refractivity contribution in [3.63, 3.8) is 0 Å². The van der Waals surface area contributed by atoms with Gasteiger partial charge in [0.15, 0.2) is 5.12 Å². The fraction of sp³-hybridized carbons (Fsp3) is 0.250. The van der Waals surface area contributed by atoms with Gasteiger partial charge in [-0.3, -0.25) is 29.0 Å². The number of benzene rings is 1. The third kappa shape index (κ3) is 2.19. The number of likely N-dealkylation sites (tertiary alicyclic amines) is 1. The van der Waals surface area contributed by atoms with Crippen LogP contribution < -0.4 is 0 Å². The molecule has 2 unspecified atom stereocenters. The van der Waals surface area contributed by atoms with Gasteiger partial charge in [-0.1, -0.05) is 30.5 Å². The molecule has 0 aliphatic carbocycles. The molecule has 3 rings (SSSR count). The number of rotatable bonds is 3. The Kier molecular flexibility index (Phi) is 3.60. The fourth-order valence-corrected chi connectivity index (χ4v) is 3.94. The molecule has 7 heteroatoms. The Morgan fingerprint density at radius 1 is 1.09 bits per heavy atom. The maximum absolute atomic E-state index is 12.5. The van der Waals surface area contributed by atoms with Gasteiger partial charge < -0.3 is 0 Å². The van der Waals surface area contributed by atoms with Gasteiger partial charge >= 0.3 is 0 Å². The molecule has 0 saturated carbocycles. The van der Waals surface area contributed by atoms with Crippen molar-refractivity contribution in [1.82, 2.24) is 9.80 Å². The van der Waals surface area contributed by atoms with E-state index in [0.717, 1.165) is 16.7 Å². The Morgan fingerprint density at radius 3 is 2.04 bits per heavy atom. The predicted molar refractivity (Wildman–Crippen MR) is 84.5 cm³/mol. The highest BCUT2D eigenvalue weighted by molar-refractivity contribution is 8.14. The molecule has 2 atom stereocenters. The number of β-lactam (4-membered cyclic amide) rings is 1. The minimum Gasteiger partial charge on any atom is -0.300 e. The zero-order valence-electron chi connectivity index (χ0n) is 12.6. The van der Waals surface area contributed by atoms with E-state index in [1.165, 1.54) is 11.8 Å². The van der Waals surface area contributed by atoms with Crippen LogP contribution in [0.2, 0.25) is 0 Å². The number of carbonyl (C=O) groups is 4. The van der Waals surface area contributed by atoms with Gasteiger partial charge in [-0.05, 0) is 19.1 Å². The first-order valence-electron chi connectivity index (χ1n) is 6.97. The number of fused-ring (bicyclic) bond motifs is 1. The molecule has 118 valence electrons. The molecule has 6 nitrogen and oxygen atoms in total. The van der Waals surface area contributed by atoms with Crippen LogP contribution in [0, 0.1) is 0 Å². The first-order valence-corrected chi connectivity index (χ1v) is 7.85. The summed E-state index contributed by atoms with van der Waals surface area (Å²) < 4.78 is 0. The number of hydrogen-bond acceptors (Lipinski definition) is 5. The minimum absolute atomic E-state index is 0.199. The van der Waals surface area contributed by atoms with E-state index < -0.39 is 29.1 Å². The van der Waals surface area contributed by atoms with Gasteiger partial charge in [0.05, 0.1) is 11.1 Å². The zero-order valence-corrected chi connectivity index (χ0v) is 13.4. The van der Waals surface area contributed by atoms with Crippen molar-refractivity contribution in [2.75, 3.05) is 0 Å². The molecule has 2 aliphatic rings. The first kappa shape index (κ1) is 15.5. The Hall–Kier alpha value is -2.41. The number of thioether (sulfide) groups is 1. The molecule has 0 spiro atoms. The number of carbonyl (C=O) groups excluding carboxylic acids is 4. The molecule has 1 fully saturated rings. The van der Waals surface area contributed by atoms with Crippen LogP contribution in [-0.2, 0) is 9.59 Å². The summed E-state index contributed by atoms with van der Waals surface area (Å²) in [4.78, 5) is 51.2. The van der Waals surface area contributed by atoms with Crippen LogP contribution in [0.1, 0.15) is 34.6 Å². The largest absolute Gasteiger partial charge is 0.300 e. The molecular weight excluding hydrogens is 316 g/mol. The van der Waals surface area contributed by atoms with E-state index in [1.807, 2.05) is 0 Å². The van der Waals surface area contributed by atoms with Crippen LogP contribution in [0.5, 0.6) is 0 Å². The predicted octanol–water partition coefficient (Wildman–Crippen LogP) is 1.63. The molecule has 0 radical (unpaired) electrons. The number of nitrogens with zero attached hydrogens (tertiary/aromatic N) is 2. The van der Waals surface area contributed by atoms with Crippen molar-refractivity contribution < 1.29 is 19.2 Å². The van der Waals surface area contributed by atoms with Gasteiger partial charge in [0.2, 0.25) is 0 Å². The van der Waals surface area contributed by atoms with Crippen LogP contribution in [0.3, 0.4) is 0 Å². The zero-order chi connectivity index (χ0) is 16.9. The third-order valence-corrected chi connectivity index (χ3v) is 4.86. The smallest absolute Gasteiger partial charge is 0.262 e. The summed E-state index contributed by atoms with van der Waals surface area (Å²) in [6.45, 7) is 6.74. The van der Waals surface area contributed by atoms with E-state index in [9.17, 15) is 19.2 Å². The van der Waals surface area contributed by atoms with Crippen molar-refractivity contribution in [1.29, 1.82) is 0 Å². The van der Waals surface area contributed by atoms with E-state index in [2.05, 4.69) is 6.58 Å². The van der Waals surface area contributed by atoms with Crippen molar-refractivity contribution in [2.24, 2.45) is 0 Å². The highest BCUT2D eigenvalue weighted by Gasteiger charge is 2.57. The van der Waals surface area contributed by atoms with Gasteiger partial charge in [-0.2, -0.15) is 0 Å². The fourth-order valence-electron chi connectivity index (χ4n) is 2.84. The van der Waals surface area contributed by atoms with Gasteiger partial charge in [-0.15, -0.1) is 0 Å². The topological polar surface area (TPSA) is 74.8 Å². The Labute approximate surface area is 137 Å². The lowest BCUT2D eigenvalue weighted by molar-refractivity contribution is -0.146. The normalized spacial score (nSPS) is 23.0. The Balaban J connectivity index is 1.97. The summed E-state index contributed by atoms with van der Waals surface area (Å²) in [5, 5.41) is -0.824. The highest BCUT2D eigenvalue weighted by Crippen LogP contribution is 2.39. The molecule has 1 saturated heterocycles. The molecule has 23 heavy (non-hydrogen) atoms. The number of amides is 3. The molecule has 0 aromatic heterocycles. The second-order valence-electron chi connectivity index (χ2n) is 5.41. The number of allylic oxidation sites excluding steroid dienone is 1. The van der Waals surface area contributed by atoms with Gasteiger partial charge in [0.1, 0.15) is 11.4 Å². The third-order valence-electron chi connectivity index (χ3n) is 3.82. The van der Waals surface area contributed by atoms with Crippen LogP contribution in [0.15, 0.2) is 36.5 Å². The van der Waals surface area contributed by atoms with Gasteiger partial charge in [-0.25, -0.2) is 0 Å². The lowest BCUT2D eigenvalue weighted by Gasteiger charge is -2.48. The maximum Gasteiger partial charge on any atom is 0.262 e. The molecule has 2 heterocycles. The average molecular weight is 330 g/mol. The number of hydrogen-bond donors (Lipinski definition) is 0. The lowest BCUT2D eigenvalue weighted by Crippen LogP contribution is -2.69. The quantitative estimate of drug-likeness (QED) is 0.622. The summed E-state index contributed by atoms with van der Waals surface area (Å²) >= 11 is 0.918. The molecular formula is C16H14N2O4S. The van der Waals surface area contributed by atoms with Crippen molar-refractivity contribution in [3.05, 3.63) is 47.7 Å². The Morgan fingerprint density at radius 2 is 1.61 bits per heavy atom. The molecule has 0 N–H and O–H groups in total. The van der Waals surface area contributed by atoms with Gasteiger partial charge in [0, 0.05) is 12.6 Å². The first-order chi connectivity index (χ1) is 10.8. The summed E-state index contributed by atoms with van der Waals surface area (Å²) in [5.74, 6) is -1.40. The van der Waals surface area contributed by atoms with E-state index >= 15 is 0 Å². The van der Waals surface area contributed by atoms with Crippen LogP contribution in [0.25, 0.3) is 0 Å². The lowest BCUT2D eigenvalue weighted by atomic mass is 10.0. The monoisotopic (exact) mass is 330 g/mol. The van der Waals surface area contributed by atoms with E-state index in [1.54, 1.807) is 31.2 Å². The van der Waals surface area contributed by atoms with Crippen LogP contribution >= 0.6 is 11.8 Å². The minimum atomic E-state index is -0.979. The molecule has 0 bridgehead atoms. The van der Waals surface area contributed by atoms with Crippen LogP contribution in [-0.4, -0.2) is 44.1 Å². The SMILES string of the molecule is C=C(C)N1C(=O)C(N2C(=O)c3ccccc3C2=O)C1SC(C)=O. The summed E-state index contributed by atoms with van der Waals surface area (Å²) in [5.41, 5.74) is 1.04. The molecule has 3 amide bonds. The Bertz CT molecular complexity index is 738. The summed E-state index contributed by atoms with van der Waals surface area (Å²) in [6, 6.07) is 5.47. The maximum atomic E-state index is 12.5. The van der Waals surface area contributed by atoms with Crippen molar-refractivity contribution in [2.45, 2.75) is 25.3 Å². The summed E-state index contributed by atoms with van der Waals surface area (Å²) in [7, 11) is 0. The second kappa shape index (κ2) is 5.34. The second-order valence-corrected chi connectivity index (χ2v) is 6.71. The van der Waals surface area contributed by atoms with Crippen molar-refractivity contribution >= 4 is 34.6 Å². The molecule has 2 aliphatic heterocycles. The van der Waals surface area contributed by atoms with Gasteiger partial charge in [0.25, 0.3) is 17.7 Å². The van der Waals surface area contributed by atoms with E-state index in [4.69, 9.17) is 0 Å². The van der Waals surface area contributed by atoms with E-state index in [0.29, 0.717) is 5.70 Å². The standard InChI is InChI=1S/C16H14N2O4S/c1-8(2)17-15(22)12(16(17)23-9(3)19)18-13(20)10-6-4-5-7-11(10)14(18)21/h4-7,12,16H,1H2,2-3H3. The average Bonchev–Trinajstić information content (AvgIpc) is 2.72.